The molecule has 0 saturated carbocycles. The predicted octanol–water partition coefficient (Wildman–Crippen LogP) is 2.86. The first-order valence-corrected chi connectivity index (χ1v) is 12.2. The summed E-state index contributed by atoms with van der Waals surface area (Å²) < 4.78 is 22.6. The van der Waals surface area contributed by atoms with E-state index in [1.54, 1.807) is 0 Å². The van der Waals surface area contributed by atoms with Crippen molar-refractivity contribution >= 4 is 16.9 Å². The molecule has 208 valence electrons. The molecule has 2 aromatic carbocycles. The summed E-state index contributed by atoms with van der Waals surface area (Å²) >= 11 is 0. The van der Waals surface area contributed by atoms with E-state index in [0.717, 1.165) is 18.6 Å². The molecule has 5 N–H and O–H groups in total. The summed E-state index contributed by atoms with van der Waals surface area (Å²) in [7, 11) is 0. The summed E-state index contributed by atoms with van der Waals surface area (Å²) in [5.41, 5.74) is 0.554. The summed E-state index contributed by atoms with van der Waals surface area (Å²) in [4.78, 5) is 25.2. The number of phenolic OH excluding ortho intramolecular Hbond substituents is 3. The molecule has 0 radical (unpaired) electrons. The van der Waals surface area contributed by atoms with Gasteiger partial charge in [0.1, 0.15) is 40.4 Å². The lowest BCUT2D eigenvalue weighted by Crippen LogP contribution is -2.59. The minimum Gasteiger partial charge on any atom is -0.508 e. The van der Waals surface area contributed by atoms with Crippen LogP contribution in [0.5, 0.6) is 23.0 Å². The zero-order chi connectivity index (χ0) is 28.6. The van der Waals surface area contributed by atoms with Crippen molar-refractivity contribution in [3.8, 4) is 34.3 Å². The third-order valence-corrected chi connectivity index (χ3v) is 6.34. The number of aliphatic hydroxyl groups excluding tert-OH is 2. The lowest BCUT2D eigenvalue weighted by molar-refractivity contribution is -0.272. The van der Waals surface area contributed by atoms with Gasteiger partial charge >= 0.3 is 5.97 Å². The van der Waals surface area contributed by atoms with E-state index in [1.165, 1.54) is 31.2 Å². The zero-order valence-corrected chi connectivity index (χ0v) is 21.7. The van der Waals surface area contributed by atoms with Gasteiger partial charge in [0.15, 0.2) is 11.9 Å². The van der Waals surface area contributed by atoms with Crippen LogP contribution in [0, 0.1) is 0 Å². The molecule has 0 bridgehead atoms. The van der Waals surface area contributed by atoms with Crippen LogP contribution in [0.1, 0.15) is 33.3 Å². The molecule has 1 saturated heterocycles. The fourth-order valence-electron chi connectivity index (χ4n) is 4.36. The van der Waals surface area contributed by atoms with E-state index in [-0.39, 0.29) is 45.8 Å². The van der Waals surface area contributed by atoms with Gasteiger partial charge in [-0.25, -0.2) is 0 Å². The summed E-state index contributed by atoms with van der Waals surface area (Å²) in [6.45, 7) is 6.36. The number of rotatable bonds is 6. The van der Waals surface area contributed by atoms with Gasteiger partial charge in [0, 0.05) is 24.1 Å². The second-order valence-corrected chi connectivity index (χ2v) is 9.60. The molecule has 5 atom stereocenters. The minimum absolute atomic E-state index is 0.0524. The van der Waals surface area contributed by atoms with Crippen molar-refractivity contribution in [2.45, 2.75) is 64.8 Å². The second kappa shape index (κ2) is 11.0. The number of phenols is 3. The van der Waals surface area contributed by atoms with Gasteiger partial charge in [0.25, 0.3) is 0 Å². The van der Waals surface area contributed by atoms with Gasteiger partial charge in [-0.1, -0.05) is 11.6 Å². The van der Waals surface area contributed by atoms with Crippen molar-refractivity contribution in [3.05, 3.63) is 57.8 Å². The van der Waals surface area contributed by atoms with Crippen LogP contribution >= 0.6 is 0 Å². The van der Waals surface area contributed by atoms with Gasteiger partial charge in [-0.05, 0) is 51.5 Å². The van der Waals surface area contributed by atoms with Gasteiger partial charge in [-0.3, -0.25) is 9.59 Å². The van der Waals surface area contributed by atoms with Crippen LogP contribution in [0.3, 0.4) is 0 Å². The number of fused-ring (bicyclic) bond motifs is 1. The Morgan fingerprint density at radius 3 is 2.31 bits per heavy atom. The van der Waals surface area contributed by atoms with Crippen LogP contribution in [0.25, 0.3) is 22.3 Å². The number of aliphatic hydroxyl groups is 2. The minimum atomic E-state index is -1.74. The topological polar surface area (TPSA) is 176 Å². The summed E-state index contributed by atoms with van der Waals surface area (Å²) in [5.74, 6) is -2.19. The number of benzene rings is 2. The number of ether oxygens (including phenoxy) is 3. The quantitative estimate of drug-likeness (QED) is 0.229. The fraction of sp³-hybridized carbons (Fsp3) is 0.357. The Bertz CT molecular complexity index is 1470. The summed E-state index contributed by atoms with van der Waals surface area (Å²) in [6.07, 6.45) is -5.06. The van der Waals surface area contributed by atoms with E-state index >= 15 is 0 Å². The van der Waals surface area contributed by atoms with Gasteiger partial charge < -0.3 is 44.2 Å². The molecule has 1 aromatic heterocycles. The van der Waals surface area contributed by atoms with E-state index in [2.05, 4.69) is 0 Å². The highest BCUT2D eigenvalue weighted by atomic mass is 16.7. The maximum absolute atomic E-state index is 13.8. The molecule has 2 heterocycles. The van der Waals surface area contributed by atoms with Crippen LogP contribution in [0.4, 0.5) is 0 Å². The maximum Gasteiger partial charge on any atom is 0.303 e. The molecule has 0 amide bonds. The van der Waals surface area contributed by atoms with Gasteiger partial charge in [-0.2, -0.15) is 0 Å². The van der Waals surface area contributed by atoms with Crippen molar-refractivity contribution in [1.82, 2.24) is 0 Å². The molecule has 4 rings (SSSR count). The van der Waals surface area contributed by atoms with Gasteiger partial charge in [-0.15, -0.1) is 0 Å². The largest absolute Gasteiger partial charge is 0.508 e. The molecule has 3 aromatic rings. The number of carbonyl (C=O) groups excluding carboxylic acids is 1. The lowest BCUT2D eigenvalue weighted by atomic mass is 9.99. The lowest BCUT2D eigenvalue weighted by Gasteiger charge is -2.40. The van der Waals surface area contributed by atoms with E-state index in [9.17, 15) is 35.1 Å². The maximum atomic E-state index is 13.8. The number of aromatic hydroxyl groups is 3. The molecule has 0 spiro atoms. The molecule has 1 fully saturated rings. The van der Waals surface area contributed by atoms with Crippen LogP contribution < -0.4 is 10.2 Å². The predicted molar refractivity (Wildman–Crippen MR) is 139 cm³/mol. The molecule has 0 aliphatic carbocycles. The highest BCUT2D eigenvalue weighted by Crippen LogP contribution is 2.40. The molecular formula is C28H30O11. The number of hydrogen-bond donors (Lipinski definition) is 5. The molecule has 0 unspecified atom stereocenters. The van der Waals surface area contributed by atoms with E-state index < -0.39 is 53.6 Å². The molecule has 11 heteroatoms. The highest BCUT2D eigenvalue weighted by molar-refractivity contribution is 5.91. The Morgan fingerprint density at radius 2 is 1.69 bits per heavy atom. The van der Waals surface area contributed by atoms with Crippen molar-refractivity contribution < 1.29 is 49.0 Å². The van der Waals surface area contributed by atoms with Crippen molar-refractivity contribution in [2.24, 2.45) is 0 Å². The van der Waals surface area contributed by atoms with Crippen molar-refractivity contribution in [2.75, 3.05) is 0 Å². The Balaban J connectivity index is 1.90. The normalized spacial score (nSPS) is 22.9. The van der Waals surface area contributed by atoms with Gasteiger partial charge in [0.05, 0.1) is 6.10 Å². The smallest absolute Gasteiger partial charge is 0.303 e. The van der Waals surface area contributed by atoms with E-state index in [4.69, 9.17) is 18.6 Å². The van der Waals surface area contributed by atoms with Crippen LogP contribution in [0.15, 0.2) is 51.2 Å². The number of carbonyl (C=O) groups is 1. The highest BCUT2D eigenvalue weighted by Gasteiger charge is 2.46. The third-order valence-electron chi connectivity index (χ3n) is 6.34. The van der Waals surface area contributed by atoms with Crippen LogP contribution in [-0.4, -0.2) is 62.2 Å². The Labute approximate surface area is 223 Å². The van der Waals surface area contributed by atoms with E-state index in [0.29, 0.717) is 0 Å². The second-order valence-electron chi connectivity index (χ2n) is 9.60. The average Bonchev–Trinajstić information content (AvgIpc) is 2.86. The van der Waals surface area contributed by atoms with Crippen molar-refractivity contribution in [1.29, 1.82) is 0 Å². The Kier molecular flexibility index (Phi) is 7.86. The first-order chi connectivity index (χ1) is 18.4. The first kappa shape index (κ1) is 28.0. The molecule has 39 heavy (non-hydrogen) atoms. The molecular weight excluding hydrogens is 512 g/mol. The Morgan fingerprint density at radius 1 is 1.03 bits per heavy atom. The van der Waals surface area contributed by atoms with Crippen LogP contribution in [-0.2, 0) is 20.7 Å². The standard InChI is InChI=1S/C28H30O11/c1-12(2)5-10-17-18(31)11-19(32)20-21(33)27(25(38-26(17)20)15-6-8-16(30)9-7-15)39-28-23(35)22(34)24(13(3)36-28)37-14(4)29/h5-9,11,13,22-24,28,30-32,34-35H,10H2,1-4H3/t13-,22-,23+,24-,28-/m0/s1. The Hall–Kier alpha value is -4.06. The first-order valence-electron chi connectivity index (χ1n) is 12.2. The number of hydrogen-bond acceptors (Lipinski definition) is 11. The zero-order valence-electron chi connectivity index (χ0n) is 21.7. The summed E-state index contributed by atoms with van der Waals surface area (Å²) in [6, 6.07) is 6.65. The molecule has 1 aliphatic heterocycles. The average molecular weight is 543 g/mol. The third kappa shape index (κ3) is 5.56. The number of allylic oxidation sites excluding steroid dienone is 2. The fourth-order valence-corrected chi connectivity index (χ4v) is 4.36. The van der Waals surface area contributed by atoms with Crippen molar-refractivity contribution in [3.63, 3.8) is 0 Å². The number of esters is 1. The van der Waals surface area contributed by atoms with Gasteiger partial charge in [0.2, 0.25) is 17.5 Å². The molecule has 11 nitrogen and oxygen atoms in total. The van der Waals surface area contributed by atoms with Crippen LogP contribution in [0.2, 0.25) is 0 Å². The SMILES string of the molecule is CC(=O)O[C@@H]1[C@@H](O)[C@@H](O)[C@H](Oc2c(-c3ccc(O)cc3)oc3c(CC=C(C)C)c(O)cc(O)c3c2=O)O[C@H]1C. The molecule has 1 aliphatic rings. The monoisotopic (exact) mass is 542 g/mol. The summed E-state index contributed by atoms with van der Waals surface area (Å²) in [5, 5.41) is 52.0. The van der Waals surface area contributed by atoms with E-state index in [1.807, 2.05) is 19.9 Å².